The summed E-state index contributed by atoms with van der Waals surface area (Å²) < 4.78 is 0. The molecule has 1 atom stereocenters. The normalized spacial score (nSPS) is 16.8. The van der Waals surface area contributed by atoms with Crippen LogP contribution in [0.25, 0.3) is 22.4 Å². The van der Waals surface area contributed by atoms with E-state index in [1.807, 2.05) is 30.3 Å². The van der Waals surface area contributed by atoms with Crippen molar-refractivity contribution in [3.05, 3.63) is 65.3 Å². The zero-order valence-corrected chi connectivity index (χ0v) is 14.4. The Morgan fingerprint density at radius 3 is 2.64 bits per heavy atom. The van der Waals surface area contributed by atoms with Crippen LogP contribution in [-0.4, -0.2) is 28.2 Å². The standard InChI is InChI=1S/C20H17ClN4/c21-18-6-4-14(5-7-18)15-2-1-3-16(10-15)19-11-20(24-23-19)17-8-9-25(12-17)13-22/h1-7,10-11,17H,8-9,12H2,(H,23,24). The fourth-order valence-electron chi connectivity index (χ4n) is 3.30. The smallest absolute Gasteiger partial charge is 0.179 e. The Kier molecular flexibility index (Phi) is 4.17. The summed E-state index contributed by atoms with van der Waals surface area (Å²) in [5, 5.41) is 17.4. The lowest BCUT2D eigenvalue weighted by molar-refractivity contribution is 0.478. The highest BCUT2D eigenvalue weighted by Crippen LogP contribution is 2.30. The zero-order valence-electron chi connectivity index (χ0n) is 13.6. The Hall–Kier alpha value is -2.77. The van der Waals surface area contributed by atoms with Gasteiger partial charge in [-0.1, -0.05) is 41.9 Å². The molecule has 1 aromatic heterocycles. The number of aromatic nitrogens is 2. The van der Waals surface area contributed by atoms with Crippen molar-refractivity contribution in [2.24, 2.45) is 0 Å². The van der Waals surface area contributed by atoms with Crippen molar-refractivity contribution in [3.8, 4) is 28.6 Å². The number of likely N-dealkylation sites (tertiary alicyclic amines) is 1. The van der Waals surface area contributed by atoms with Crippen LogP contribution in [0.15, 0.2) is 54.6 Å². The van der Waals surface area contributed by atoms with Crippen molar-refractivity contribution in [2.75, 3.05) is 13.1 Å². The number of benzene rings is 2. The van der Waals surface area contributed by atoms with E-state index in [0.29, 0.717) is 5.92 Å². The van der Waals surface area contributed by atoms with Crippen molar-refractivity contribution in [2.45, 2.75) is 12.3 Å². The fourth-order valence-corrected chi connectivity index (χ4v) is 3.43. The van der Waals surface area contributed by atoms with Gasteiger partial charge in [0, 0.05) is 35.3 Å². The van der Waals surface area contributed by atoms with E-state index in [4.69, 9.17) is 16.9 Å². The van der Waals surface area contributed by atoms with Gasteiger partial charge in [-0.25, -0.2) is 0 Å². The lowest BCUT2D eigenvalue weighted by atomic mass is 10.0. The summed E-state index contributed by atoms with van der Waals surface area (Å²) in [4.78, 5) is 1.80. The number of H-pyrrole nitrogens is 1. The highest BCUT2D eigenvalue weighted by Gasteiger charge is 2.24. The third kappa shape index (κ3) is 3.24. The Balaban J connectivity index is 1.60. The number of nitrogens with zero attached hydrogens (tertiary/aromatic N) is 3. The molecule has 1 N–H and O–H groups in total. The van der Waals surface area contributed by atoms with E-state index < -0.39 is 0 Å². The van der Waals surface area contributed by atoms with Crippen molar-refractivity contribution >= 4 is 11.6 Å². The monoisotopic (exact) mass is 348 g/mol. The number of nitriles is 1. The molecule has 0 saturated carbocycles. The van der Waals surface area contributed by atoms with Crippen LogP contribution in [0.1, 0.15) is 18.0 Å². The van der Waals surface area contributed by atoms with E-state index in [-0.39, 0.29) is 0 Å². The number of hydrogen-bond acceptors (Lipinski definition) is 3. The number of hydrogen-bond donors (Lipinski definition) is 1. The summed E-state index contributed by atoms with van der Waals surface area (Å²) >= 11 is 5.97. The second-order valence-electron chi connectivity index (χ2n) is 6.33. The summed E-state index contributed by atoms with van der Waals surface area (Å²) in [6.45, 7) is 1.59. The fraction of sp³-hybridized carbons (Fsp3) is 0.200. The summed E-state index contributed by atoms with van der Waals surface area (Å²) in [6.07, 6.45) is 3.21. The Bertz CT molecular complexity index is 923. The number of rotatable bonds is 3. The predicted octanol–water partition coefficient (Wildman–Crippen LogP) is 4.67. The maximum atomic E-state index is 9.01. The van der Waals surface area contributed by atoms with Crippen LogP contribution in [0.4, 0.5) is 0 Å². The molecular formula is C20H17ClN4. The van der Waals surface area contributed by atoms with E-state index in [9.17, 15) is 0 Å². The van der Waals surface area contributed by atoms with Gasteiger partial charge in [-0.15, -0.1) is 0 Å². The van der Waals surface area contributed by atoms with Gasteiger partial charge in [-0.2, -0.15) is 10.4 Å². The highest BCUT2D eigenvalue weighted by molar-refractivity contribution is 6.30. The first-order valence-electron chi connectivity index (χ1n) is 8.29. The lowest BCUT2D eigenvalue weighted by Crippen LogP contribution is -2.12. The van der Waals surface area contributed by atoms with Crippen LogP contribution >= 0.6 is 11.6 Å². The summed E-state index contributed by atoms with van der Waals surface area (Å²) in [5.74, 6) is 0.348. The van der Waals surface area contributed by atoms with Gasteiger partial charge in [-0.05, 0) is 41.8 Å². The Morgan fingerprint density at radius 1 is 1.08 bits per heavy atom. The summed E-state index contributed by atoms with van der Waals surface area (Å²) in [5.41, 5.74) is 5.37. The summed E-state index contributed by atoms with van der Waals surface area (Å²) in [7, 11) is 0. The van der Waals surface area contributed by atoms with Gasteiger partial charge in [0.25, 0.3) is 0 Å². The minimum absolute atomic E-state index is 0.348. The first-order chi connectivity index (χ1) is 12.2. The second-order valence-corrected chi connectivity index (χ2v) is 6.76. The minimum Gasteiger partial charge on any atom is -0.310 e. The molecule has 0 bridgehead atoms. The SMILES string of the molecule is N#CN1CCC(c2cc(-c3cccc(-c4ccc(Cl)cc4)c3)n[nH]2)C1. The molecule has 2 heterocycles. The van der Waals surface area contributed by atoms with Crippen molar-refractivity contribution in [3.63, 3.8) is 0 Å². The first-order valence-corrected chi connectivity index (χ1v) is 8.67. The maximum absolute atomic E-state index is 9.01. The van der Waals surface area contributed by atoms with Crippen LogP contribution in [0.2, 0.25) is 5.02 Å². The Morgan fingerprint density at radius 2 is 1.88 bits per heavy atom. The van der Waals surface area contributed by atoms with E-state index >= 15 is 0 Å². The molecule has 1 aliphatic rings. The highest BCUT2D eigenvalue weighted by atomic mass is 35.5. The van der Waals surface area contributed by atoms with Crippen molar-refractivity contribution < 1.29 is 0 Å². The van der Waals surface area contributed by atoms with Gasteiger partial charge < -0.3 is 4.90 Å². The molecular weight excluding hydrogens is 332 g/mol. The third-order valence-corrected chi connectivity index (χ3v) is 4.96. The average molecular weight is 349 g/mol. The van der Waals surface area contributed by atoms with Crippen molar-refractivity contribution in [1.29, 1.82) is 5.26 Å². The largest absolute Gasteiger partial charge is 0.310 e. The van der Waals surface area contributed by atoms with E-state index in [0.717, 1.165) is 52.6 Å². The maximum Gasteiger partial charge on any atom is 0.179 e. The van der Waals surface area contributed by atoms with Crippen molar-refractivity contribution in [1.82, 2.24) is 15.1 Å². The van der Waals surface area contributed by atoms with Crippen LogP contribution in [0.3, 0.4) is 0 Å². The molecule has 2 aromatic carbocycles. The van der Waals surface area contributed by atoms with Gasteiger partial charge in [0.05, 0.1) is 5.69 Å². The van der Waals surface area contributed by atoms with Gasteiger partial charge >= 0.3 is 0 Å². The molecule has 1 unspecified atom stereocenters. The van der Waals surface area contributed by atoms with Crippen LogP contribution in [0, 0.1) is 11.5 Å². The molecule has 3 aromatic rings. The van der Waals surface area contributed by atoms with Gasteiger partial charge in [0.1, 0.15) is 0 Å². The van der Waals surface area contributed by atoms with E-state index in [1.165, 1.54) is 0 Å². The third-order valence-electron chi connectivity index (χ3n) is 4.70. The second kappa shape index (κ2) is 6.62. The molecule has 4 nitrogen and oxygen atoms in total. The molecule has 1 fully saturated rings. The molecule has 25 heavy (non-hydrogen) atoms. The molecule has 0 radical (unpaired) electrons. The molecule has 1 saturated heterocycles. The molecule has 0 aliphatic carbocycles. The quantitative estimate of drug-likeness (QED) is 0.700. The molecule has 0 spiro atoms. The topological polar surface area (TPSA) is 55.7 Å². The molecule has 124 valence electrons. The first kappa shape index (κ1) is 15.7. The van der Waals surface area contributed by atoms with Gasteiger partial charge in [0.15, 0.2) is 6.19 Å². The number of nitrogens with one attached hydrogen (secondary N) is 1. The number of aromatic amines is 1. The molecule has 0 amide bonds. The van der Waals surface area contributed by atoms with Crippen LogP contribution < -0.4 is 0 Å². The predicted molar refractivity (Wildman–Crippen MR) is 99.0 cm³/mol. The van der Waals surface area contributed by atoms with Gasteiger partial charge in [-0.3, -0.25) is 5.10 Å². The summed E-state index contributed by atoms with van der Waals surface area (Å²) in [6, 6.07) is 18.3. The van der Waals surface area contributed by atoms with E-state index in [1.54, 1.807) is 4.90 Å². The van der Waals surface area contributed by atoms with Crippen LogP contribution in [0.5, 0.6) is 0 Å². The Labute approximate surface area is 151 Å². The van der Waals surface area contributed by atoms with Crippen LogP contribution in [-0.2, 0) is 0 Å². The molecule has 1 aliphatic heterocycles. The van der Waals surface area contributed by atoms with Gasteiger partial charge in [0.2, 0.25) is 0 Å². The van der Waals surface area contributed by atoms with E-state index in [2.05, 4.69) is 40.7 Å². The molecule has 5 heteroatoms. The minimum atomic E-state index is 0.348. The lowest BCUT2D eigenvalue weighted by Gasteiger charge is -2.06. The molecule has 4 rings (SSSR count). The zero-order chi connectivity index (χ0) is 17.2. The number of halogens is 1. The average Bonchev–Trinajstić information content (AvgIpc) is 3.32.